The molecule has 3 atom stereocenters. The van der Waals surface area contributed by atoms with E-state index in [1.807, 2.05) is 0 Å². The number of hydrogen-bond donors (Lipinski definition) is 3. The zero-order chi connectivity index (χ0) is 19.2. The Morgan fingerprint density at radius 3 is 2.73 bits per heavy atom. The van der Waals surface area contributed by atoms with Gasteiger partial charge >= 0.3 is 12.1 Å². The maximum Gasteiger partial charge on any atom is 0.511 e. The zero-order valence-corrected chi connectivity index (χ0v) is 15.9. The molecule has 2 saturated heterocycles. The Morgan fingerprint density at radius 2 is 2.04 bits per heavy atom. The van der Waals surface area contributed by atoms with Crippen molar-refractivity contribution in [2.24, 2.45) is 5.92 Å². The number of unbranched alkanes of at least 4 members (excludes halogenated alkanes) is 1. The number of hydrogen-bond acceptors (Lipinski definition) is 8. The predicted octanol–water partition coefficient (Wildman–Crippen LogP) is 0.959. The van der Waals surface area contributed by atoms with E-state index in [-0.39, 0.29) is 12.0 Å². The van der Waals surface area contributed by atoms with Crippen molar-refractivity contribution in [3.8, 4) is 0 Å². The first kappa shape index (κ1) is 21.0. The monoisotopic (exact) mass is 369 g/mol. The lowest BCUT2D eigenvalue weighted by Crippen LogP contribution is -2.53. The average Bonchev–Trinajstić information content (AvgIpc) is 3.13. The SMILES string of the molecule is CC(C)(C)OC(=O)OCOC(=O)[C@]1(CCCC[B]O)NC[C@@H]2NCC[C@@H]21. The fourth-order valence-corrected chi connectivity index (χ4v) is 3.77. The quantitative estimate of drug-likeness (QED) is 0.251. The van der Waals surface area contributed by atoms with Gasteiger partial charge in [0.1, 0.15) is 11.1 Å². The van der Waals surface area contributed by atoms with Crippen molar-refractivity contribution in [3.05, 3.63) is 0 Å². The van der Waals surface area contributed by atoms with Gasteiger partial charge in [0.2, 0.25) is 6.79 Å². The van der Waals surface area contributed by atoms with Crippen molar-refractivity contribution in [3.63, 3.8) is 0 Å². The molecular weight excluding hydrogens is 339 g/mol. The first-order valence-electron chi connectivity index (χ1n) is 9.26. The molecule has 2 aliphatic rings. The topological polar surface area (TPSA) is 106 Å². The molecule has 0 saturated carbocycles. The lowest BCUT2D eigenvalue weighted by Gasteiger charge is -2.32. The minimum atomic E-state index is -0.863. The number of rotatable bonds is 8. The van der Waals surface area contributed by atoms with Crippen LogP contribution in [0.4, 0.5) is 4.79 Å². The summed E-state index contributed by atoms with van der Waals surface area (Å²) in [7, 11) is 1.14. The molecule has 0 aromatic carbocycles. The van der Waals surface area contributed by atoms with Crippen LogP contribution in [0.25, 0.3) is 0 Å². The highest BCUT2D eigenvalue weighted by atomic mass is 16.8. The molecule has 0 bridgehead atoms. The summed E-state index contributed by atoms with van der Waals surface area (Å²) in [6.07, 6.45) is 2.83. The van der Waals surface area contributed by atoms with Gasteiger partial charge in [0.15, 0.2) is 0 Å². The Morgan fingerprint density at radius 1 is 1.27 bits per heavy atom. The van der Waals surface area contributed by atoms with Crippen LogP contribution < -0.4 is 10.6 Å². The molecule has 9 heteroatoms. The van der Waals surface area contributed by atoms with Gasteiger partial charge in [-0.25, -0.2) is 9.59 Å². The molecule has 2 heterocycles. The standard InChI is InChI=1S/C17H30BN2O6/c1-16(2,3)26-15(22)25-11-24-14(21)17(7-4-5-8-18-23)12-6-9-19-13(12)10-20-17/h12-13,19-20,23H,4-11H2,1-3H3/t12-,13-,17+/m0/s1. The third-order valence-corrected chi connectivity index (χ3v) is 4.89. The minimum absolute atomic E-state index is 0.148. The van der Waals surface area contributed by atoms with E-state index in [1.54, 1.807) is 20.8 Å². The van der Waals surface area contributed by atoms with Crippen LogP contribution in [0.15, 0.2) is 0 Å². The molecule has 0 unspecified atom stereocenters. The van der Waals surface area contributed by atoms with E-state index in [4.69, 9.17) is 19.2 Å². The Kier molecular flexibility index (Phi) is 7.31. The van der Waals surface area contributed by atoms with Gasteiger partial charge in [-0.05, 0) is 40.2 Å². The number of nitrogens with one attached hydrogen (secondary N) is 2. The molecule has 0 spiro atoms. The van der Waals surface area contributed by atoms with Crippen LogP contribution in [0.3, 0.4) is 0 Å². The third kappa shape index (κ3) is 5.34. The minimum Gasteiger partial charge on any atom is -0.454 e. The van der Waals surface area contributed by atoms with Gasteiger partial charge in [-0.2, -0.15) is 0 Å². The first-order valence-corrected chi connectivity index (χ1v) is 9.26. The lowest BCUT2D eigenvalue weighted by molar-refractivity contribution is -0.164. The molecule has 3 N–H and O–H groups in total. The summed E-state index contributed by atoms with van der Waals surface area (Å²) in [6, 6.07) is 0.249. The zero-order valence-electron chi connectivity index (χ0n) is 15.9. The largest absolute Gasteiger partial charge is 0.511 e. The highest BCUT2D eigenvalue weighted by Crippen LogP contribution is 2.38. The van der Waals surface area contributed by atoms with Gasteiger partial charge in [-0.3, -0.25) is 0 Å². The summed E-state index contributed by atoms with van der Waals surface area (Å²) < 4.78 is 15.2. The maximum absolute atomic E-state index is 12.8. The predicted molar refractivity (Wildman–Crippen MR) is 95.5 cm³/mol. The van der Waals surface area contributed by atoms with Crippen molar-refractivity contribution in [2.45, 2.75) is 70.0 Å². The number of fused-ring (bicyclic) bond motifs is 1. The van der Waals surface area contributed by atoms with E-state index in [0.29, 0.717) is 19.3 Å². The van der Waals surface area contributed by atoms with Crippen molar-refractivity contribution in [1.29, 1.82) is 0 Å². The van der Waals surface area contributed by atoms with E-state index < -0.39 is 30.1 Å². The number of esters is 1. The second-order valence-electron chi connectivity index (χ2n) is 7.89. The molecule has 0 aromatic heterocycles. The van der Waals surface area contributed by atoms with E-state index in [2.05, 4.69) is 10.6 Å². The first-order chi connectivity index (χ1) is 12.3. The summed E-state index contributed by atoms with van der Waals surface area (Å²) in [5.74, 6) is -0.250. The van der Waals surface area contributed by atoms with Gasteiger partial charge in [-0.1, -0.05) is 19.2 Å². The molecule has 0 amide bonds. The van der Waals surface area contributed by atoms with Gasteiger partial charge in [0.25, 0.3) is 7.48 Å². The summed E-state index contributed by atoms with van der Waals surface area (Å²) in [6.45, 7) is 6.31. The van der Waals surface area contributed by atoms with Crippen molar-refractivity contribution >= 4 is 19.6 Å². The molecule has 26 heavy (non-hydrogen) atoms. The molecule has 8 nitrogen and oxygen atoms in total. The van der Waals surface area contributed by atoms with Crippen LogP contribution in [0, 0.1) is 5.92 Å². The molecule has 2 rings (SSSR count). The Bertz CT molecular complexity index is 498. The molecule has 1 radical (unpaired) electrons. The van der Waals surface area contributed by atoms with E-state index in [1.165, 1.54) is 0 Å². The molecule has 2 fully saturated rings. The summed E-state index contributed by atoms with van der Waals surface area (Å²) in [4.78, 5) is 24.4. The van der Waals surface area contributed by atoms with Gasteiger partial charge < -0.3 is 29.9 Å². The molecule has 147 valence electrons. The second-order valence-corrected chi connectivity index (χ2v) is 7.89. The average molecular weight is 369 g/mol. The smallest absolute Gasteiger partial charge is 0.454 e. The van der Waals surface area contributed by atoms with Gasteiger partial charge in [0.05, 0.1) is 0 Å². The fourth-order valence-electron chi connectivity index (χ4n) is 3.77. The van der Waals surface area contributed by atoms with Gasteiger partial charge in [0, 0.05) is 18.5 Å². The lowest BCUT2D eigenvalue weighted by atomic mass is 9.78. The summed E-state index contributed by atoms with van der Waals surface area (Å²) >= 11 is 0. The maximum atomic E-state index is 12.8. The van der Waals surface area contributed by atoms with Crippen molar-refractivity contribution in [1.82, 2.24) is 10.6 Å². The molecule has 2 aliphatic heterocycles. The van der Waals surface area contributed by atoms with Crippen molar-refractivity contribution in [2.75, 3.05) is 19.9 Å². The Hall–Kier alpha value is -1.32. The highest BCUT2D eigenvalue weighted by molar-refractivity contribution is 6.25. The number of carbonyl (C=O) groups excluding carboxylic acids is 2. The number of carbonyl (C=O) groups is 2. The second kappa shape index (κ2) is 9.06. The van der Waals surface area contributed by atoms with E-state index >= 15 is 0 Å². The number of ether oxygens (including phenoxy) is 3. The molecule has 0 aromatic rings. The highest BCUT2D eigenvalue weighted by Gasteiger charge is 2.55. The Balaban J connectivity index is 1.90. The van der Waals surface area contributed by atoms with Crippen LogP contribution in [0.1, 0.15) is 46.5 Å². The summed E-state index contributed by atoms with van der Waals surface area (Å²) in [5, 5.41) is 15.6. The van der Waals surface area contributed by atoms with Crippen LogP contribution in [-0.4, -0.2) is 61.7 Å². The van der Waals surface area contributed by atoms with E-state index in [9.17, 15) is 9.59 Å². The van der Waals surface area contributed by atoms with Crippen LogP contribution >= 0.6 is 0 Å². The van der Waals surface area contributed by atoms with Crippen molar-refractivity contribution < 1.29 is 28.8 Å². The third-order valence-electron chi connectivity index (χ3n) is 4.89. The Labute approximate surface area is 155 Å². The fraction of sp³-hybridized carbons (Fsp3) is 0.882. The van der Waals surface area contributed by atoms with E-state index in [0.717, 1.165) is 33.3 Å². The van der Waals surface area contributed by atoms with Crippen LogP contribution in [0.2, 0.25) is 6.32 Å². The molecular formula is C17H30BN2O6. The van der Waals surface area contributed by atoms with Gasteiger partial charge in [-0.15, -0.1) is 0 Å². The normalized spacial score (nSPS) is 27.7. The summed E-state index contributed by atoms with van der Waals surface area (Å²) in [5.41, 5.74) is -1.44. The van der Waals surface area contributed by atoms with Crippen LogP contribution in [-0.2, 0) is 19.0 Å². The van der Waals surface area contributed by atoms with Crippen LogP contribution in [0.5, 0.6) is 0 Å². The molecule has 0 aliphatic carbocycles.